The van der Waals surface area contributed by atoms with E-state index in [4.69, 9.17) is 16.3 Å². The molecule has 1 saturated heterocycles. The van der Waals surface area contributed by atoms with Gasteiger partial charge in [0.2, 0.25) is 0 Å². The molecule has 0 aliphatic carbocycles. The molecule has 1 aliphatic rings. The third-order valence-electron chi connectivity index (χ3n) is 5.21. The summed E-state index contributed by atoms with van der Waals surface area (Å²) in [6.45, 7) is 5.43. The lowest BCUT2D eigenvalue weighted by Gasteiger charge is -2.19. The van der Waals surface area contributed by atoms with E-state index >= 15 is 0 Å². The highest BCUT2D eigenvalue weighted by Crippen LogP contribution is 2.25. The van der Waals surface area contributed by atoms with Crippen molar-refractivity contribution in [1.29, 1.82) is 0 Å². The topological polar surface area (TPSA) is 72.3 Å². The first-order valence-corrected chi connectivity index (χ1v) is 10.2. The Hall–Kier alpha value is -3.06. The van der Waals surface area contributed by atoms with Crippen LogP contribution in [0.4, 0.5) is 5.69 Å². The van der Waals surface area contributed by atoms with Gasteiger partial charge < -0.3 is 15.0 Å². The van der Waals surface area contributed by atoms with Crippen molar-refractivity contribution in [3.63, 3.8) is 0 Å². The Morgan fingerprint density at radius 3 is 2.80 bits per heavy atom. The molecule has 7 nitrogen and oxygen atoms in total. The molecule has 1 fully saturated rings. The Morgan fingerprint density at radius 1 is 1.23 bits per heavy atom. The zero-order valence-electron chi connectivity index (χ0n) is 17.2. The highest BCUT2D eigenvalue weighted by Gasteiger charge is 2.26. The molecule has 0 saturated carbocycles. The van der Waals surface area contributed by atoms with Gasteiger partial charge in [-0.1, -0.05) is 17.7 Å². The van der Waals surface area contributed by atoms with Gasteiger partial charge in [-0.25, -0.2) is 9.67 Å². The van der Waals surface area contributed by atoms with Crippen LogP contribution in [-0.2, 0) is 0 Å². The summed E-state index contributed by atoms with van der Waals surface area (Å²) >= 11 is 6.29. The van der Waals surface area contributed by atoms with Crippen LogP contribution in [0.5, 0.6) is 5.75 Å². The number of ether oxygens (including phenoxy) is 1. The number of carbonyl (C=O) groups is 1. The number of nitrogens with one attached hydrogen (secondary N) is 1. The molecule has 1 aliphatic heterocycles. The molecular formula is C22H24ClN5O2. The summed E-state index contributed by atoms with van der Waals surface area (Å²) in [4.78, 5) is 19.6. The molecule has 0 radical (unpaired) electrons. The molecule has 1 amide bonds. The Kier molecular flexibility index (Phi) is 5.63. The number of aryl methyl sites for hydroxylation is 2. The van der Waals surface area contributed by atoms with Crippen molar-refractivity contribution in [3.05, 3.63) is 64.6 Å². The SMILES string of the molecule is COc1cccc(N2CCC(NC(=O)c3nc(-n4nc(C)cc4C)ccc3Cl)C2)c1. The summed E-state index contributed by atoms with van der Waals surface area (Å²) in [5, 5.41) is 7.83. The Labute approximate surface area is 180 Å². The third-order valence-corrected chi connectivity index (χ3v) is 5.52. The first-order valence-electron chi connectivity index (χ1n) is 9.84. The zero-order valence-corrected chi connectivity index (χ0v) is 18.0. The summed E-state index contributed by atoms with van der Waals surface area (Å²) in [5.41, 5.74) is 3.12. The van der Waals surface area contributed by atoms with Crippen LogP contribution in [0.15, 0.2) is 42.5 Å². The molecule has 1 aromatic carbocycles. The van der Waals surface area contributed by atoms with Gasteiger partial charge >= 0.3 is 0 Å². The van der Waals surface area contributed by atoms with E-state index in [1.807, 2.05) is 44.2 Å². The first-order chi connectivity index (χ1) is 14.4. The number of amides is 1. The number of methoxy groups -OCH3 is 1. The van der Waals surface area contributed by atoms with E-state index in [9.17, 15) is 4.79 Å². The molecule has 0 bridgehead atoms. The summed E-state index contributed by atoms with van der Waals surface area (Å²) < 4.78 is 7.02. The van der Waals surface area contributed by atoms with E-state index in [2.05, 4.69) is 20.3 Å². The number of halogens is 1. The van der Waals surface area contributed by atoms with Crippen molar-refractivity contribution < 1.29 is 9.53 Å². The number of nitrogens with zero attached hydrogens (tertiary/aromatic N) is 4. The number of anilines is 1. The molecule has 8 heteroatoms. The van der Waals surface area contributed by atoms with E-state index in [-0.39, 0.29) is 17.6 Å². The van der Waals surface area contributed by atoms with E-state index < -0.39 is 0 Å². The van der Waals surface area contributed by atoms with Gasteiger partial charge in [0.05, 0.1) is 17.8 Å². The number of aromatic nitrogens is 3. The average Bonchev–Trinajstić information content (AvgIpc) is 3.34. The maximum Gasteiger partial charge on any atom is 0.271 e. The molecule has 156 valence electrons. The quantitative estimate of drug-likeness (QED) is 0.676. The predicted molar refractivity (Wildman–Crippen MR) is 117 cm³/mol. The van der Waals surface area contributed by atoms with Crippen LogP contribution in [0.3, 0.4) is 0 Å². The van der Waals surface area contributed by atoms with Gasteiger partial charge in [-0.15, -0.1) is 0 Å². The first kappa shape index (κ1) is 20.2. The zero-order chi connectivity index (χ0) is 21.3. The van der Waals surface area contributed by atoms with E-state index in [0.29, 0.717) is 17.4 Å². The maximum atomic E-state index is 12.9. The standard InChI is InChI=1S/C22H24ClN5O2/c1-14-11-15(2)28(26-14)20-8-7-19(23)21(25-20)22(29)24-16-9-10-27(13-16)17-5-4-6-18(12-17)30-3/h4-8,11-12,16H,9-10,13H2,1-3H3,(H,24,29). The van der Waals surface area contributed by atoms with E-state index in [0.717, 1.165) is 35.8 Å². The monoisotopic (exact) mass is 425 g/mol. The van der Waals surface area contributed by atoms with Crippen LogP contribution in [0.1, 0.15) is 28.3 Å². The minimum absolute atomic E-state index is 0.0129. The molecule has 4 rings (SSSR count). The molecule has 0 spiro atoms. The van der Waals surface area contributed by atoms with Gasteiger partial charge in [0.1, 0.15) is 11.4 Å². The van der Waals surface area contributed by atoms with Crippen molar-refractivity contribution in [1.82, 2.24) is 20.1 Å². The van der Waals surface area contributed by atoms with Gasteiger partial charge in [0.25, 0.3) is 5.91 Å². The highest BCUT2D eigenvalue weighted by molar-refractivity contribution is 6.33. The number of carbonyl (C=O) groups excluding carboxylic acids is 1. The molecule has 1 atom stereocenters. The average molecular weight is 426 g/mol. The summed E-state index contributed by atoms with van der Waals surface area (Å²) in [7, 11) is 1.66. The van der Waals surface area contributed by atoms with Gasteiger partial charge in [-0.05, 0) is 50.6 Å². The van der Waals surface area contributed by atoms with Crippen molar-refractivity contribution in [2.24, 2.45) is 0 Å². The molecule has 3 heterocycles. The summed E-state index contributed by atoms with van der Waals surface area (Å²) in [5.74, 6) is 1.11. The smallest absolute Gasteiger partial charge is 0.271 e. The van der Waals surface area contributed by atoms with Crippen molar-refractivity contribution in [2.45, 2.75) is 26.3 Å². The molecule has 2 aromatic heterocycles. The third kappa shape index (κ3) is 4.11. The van der Waals surface area contributed by atoms with Crippen LogP contribution in [0.2, 0.25) is 5.02 Å². The number of hydrogen-bond acceptors (Lipinski definition) is 5. The predicted octanol–water partition coefficient (Wildman–Crippen LogP) is 3.55. The fourth-order valence-electron chi connectivity index (χ4n) is 3.74. The number of rotatable bonds is 5. The van der Waals surface area contributed by atoms with Crippen molar-refractivity contribution in [2.75, 3.05) is 25.1 Å². The highest BCUT2D eigenvalue weighted by atomic mass is 35.5. The normalized spacial score (nSPS) is 16.0. The van der Waals surface area contributed by atoms with Crippen LogP contribution >= 0.6 is 11.6 Å². The van der Waals surface area contributed by atoms with Crippen molar-refractivity contribution in [3.8, 4) is 11.6 Å². The fraction of sp³-hybridized carbons (Fsp3) is 0.318. The molecule has 1 N–H and O–H groups in total. The van der Waals surface area contributed by atoms with Crippen LogP contribution in [-0.4, -0.2) is 46.9 Å². The summed E-state index contributed by atoms with van der Waals surface area (Å²) in [6.07, 6.45) is 0.845. The van der Waals surface area contributed by atoms with Crippen molar-refractivity contribution >= 4 is 23.2 Å². The second-order valence-corrected chi connectivity index (χ2v) is 7.85. The van der Waals surface area contributed by atoms with Crippen LogP contribution in [0.25, 0.3) is 5.82 Å². The fourth-order valence-corrected chi connectivity index (χ4v) is 3.93. The molecule has 3 aromatic rings. The largest absolute Gasteiger partial charge is 0.497 e. The van der Waals surface area contributed by atoms with E-state index in [1.165, 1.54) is 0 Å². The lowest BCUT2D eigenvalue weighted by atomic mass is 10.2. The van der Waals surface area contributed by atoms with Crippen LogP contribution in [0, 0.1) is 13.8 Å². The van der Waals surface area contributed by atoms with Crippen LogP contribution < -0.4 is 15.0 Å². The Morgan fingerprint density at radius 2 is 2.07 bits per heavy atom. The molecule has 30 heavy (non-hydrogen) atoms. The number of benzene rings is 1. The van der Waals surface area contributed by atoms with Gasteiger partial charge in [-0.2, -0.15) is 5.10 Å². The lowest BCUT2D eigenvalue weighted by molar-refractivity contribution is 0.0935. The Balaban J connectivity index is 1.48. The van der Waals surface area contributed by atoms with Gasteiger partial charge in [0, 0.05) is 36.6 Å². The van der Waals surface area contributed by atoms with Gasteiger partial charge in [-0.3, -0.25) is 4.79 Å². The van der Waals surface area contributed by atoms with E-state index in [1.54, 1.807) is 23.9 Å². The molecular weight excluding hydrogens is 402 g/mol. The number of pyridine rings is 1. The lowest BCUT2D eigenvalue weighted by Crippen LogP contribution is -2.37. The second kappa shape index (κ2) is 8.36. The van der Waals surface area contributed by atoms with Gasteiger partial charge in [0.15, 0.2) is 5.82 Å². The molecule has 1 unspecified atom stereocenters. The minimum Gasteiger partial charge on any atom is -0.497 e. The maximum absolute atomic E-state index is 12.9. The minimum atomic E-state index is -0.277. The summed E-state index contributed by atoms with van der Waals surface area (Å²) in [6, 6.07) is 13.4. The second-order valence-electron chi connectivity index (χ2n) is 7.45. The number of hydrogen-bond donors (Lipinski definition) is 1. The Bertz CT molecular complexity index is 1080.